The van der Waals surface area contributed by atoms with E-state index in [1.165, 1.54) is 14.2 Å². The third kappa shape index (κ3) is 2.95. The highest BCUT2D eigenvalue weighted by molar-refractivity contribution is 7.41. The fourth-order valence-electron chi connectivity index (χ4n) is 0.665. The molecule has 0 aliphatic carbocycles. The predicted octanol–water partition coefficient (Wildman–Crippen LogP) is 1.33. The lowest BCUT2D eigenvalue weighted by Gasteiger charge is -1.98. The summed E-state index contributed by atoms with van der Waals surface area (Å²) < 4.78 is 19.9. The lowest BCUT2D eigenvalue weighted by atomic mass is 10.3. The van der Waals surface area contributed by atoms with E-state index >= 15 is 0 Å². The fourth-order valence-corrected chi connectivity index (χ4v) is 1.50. The van der Waals surface area contributed by atoms with Gasteiger partial charge in [0, 0.05) is 6.42 Å². The zero-order valence-corrected chi connectivity index (χ0v) is 7.76. The van der Waals surface area contributed by atoms with Crippen LogP contribution in [0.4, 0.5) is 0 Å². The van der Waals surface area contributed by atoms with Crippen molar-refractivity contribution in [3.8, 4) is 0 Å². The van der Waals surface area contributed by atoms with E-state index in [4.69, 9.17) is 0 Å². The summed E-state index contributed by atoms with van der Waals surface area (Å²) in [6.45, 7) is 1.76. The number of esters is 1. The Morgan fingerprint density at radius 1 is 1.55 bits per heavy atom. The number of carbonyl (C=O) groups is 1. The summed E-state index contributed by atoms with van der Waals surface area (Å²) in [6, 6.07) is 0. The van der Waals surface area contributed by atoms with Gasteiger partial charge in [-0.05, 0) is 4.57 Å². The Morgan fingerprint density at radius 2 is 2.09 bits per heavy atom. The number of hydrogen-bond acceptors (Lipinski definition) is 4. The number of methoxy groups -OCH3 is 1. The van der Waals surface area contributed by atoms with Crippen molar-refractivity contribution in [1.29, 1.82) is 0 Å². The van der Waals surface area contributed by atoms with Gasteiger partial charge in [-0.25, -0.2) is 4.79 Å². The molecule has 0 aromatic rings. The van der Waals surface area contributed by atoms with Crippen molar-refractivity contribution in [3.05, 3.63) is 0 Å². The lowest BCUT2D eigenvalue weighted by molar-refractivity contribution is -0.140. The van der Waals surface area contributed by atoms with Crippen LogP contribution in [0.3, 0.4) is 0 Å². The molecule has 2 atom stereocenters. The Bertz CT molecular complexity index is 141. The van der Waals surface area contributed by atoms with Crippen molar-refractivity contribution in [2.24, 2.45) is 0 Å². The molecule has 0 spiro atoms. The maximum Gasteiger partial charge on any atom is 0.523 e. The van der Waals surface area contributed by atoms with Gasteiger partial charge in [-0.1, -0.05) is 6.92 Å². The Hall–Kier alpha value is -0.470. The summed E-state index contributed by atoms with van der Waals surface area (Å²) in [5, 5.41) is 0. The molecule has 0 amide bonds. The molecule has 0 aromatic heterocycles. The summed E-state index contributed by atoms with van der Waals surface area (Å²) in [6.07, 6.45) is 0.468. The largest absolute Gasteiger partial charge is 0.523 e. The van der Waals surface area contributed by atoms with Gasteiger partial charge < -0.3 is 4.74 Å². The Morgan fingerprint density at radius 3 is 2.36 bits per heavy atom. The van der Waals surface area contributed by atoms with E-state index in [-0.39, 0.29) is 0 Å². The molecule has 0 N–H and O–H groups in total. The van der Waals surface area contributed by atoms with Crippen LogP contribution < -0.4 is 0 Å². The topological polar surface area (TPSA) is 52.6 Å². The molecule has 0 bridgehead atoms. The quantitative estimate of drug-likeness (QED) is 0.482. The lowest BCUT2D eigenvalue weighted by Crippen LogP contribution is -2.17. The molecule has 0 aromatic carbocycles. The van der Waals surface area contributed by atoms with Crippen molar-refractivity contribution in [2.75, 3.05) is 14.2 Å². The van der Waals surface area contributed by atoms with Crippen molar-refractivity contribution in [1.82, 2.24) is 0 Å². The maximum absolute atomic E-state index is 11.0. The van der Waals surface area contributed by atoms with Crippen LogP contribution in [0.25, 0.3) is 0 Å². The molecule has 2 unspecified atom stereocenters. The third-order valence-corrected chi connectivity index (χ3v) is 2.74. The van der Waals surface area contributed by atoms with Gasteiger partial charge in [-0.3, -0.25) is 0 Å². The minimum atomic E-state index is -1.91. The first-order valence-electron chi connectivity index (χ1n) is 3.25. The highest BCUT2D eigenvalue weighted by atomic mass is 31.1. The molecule has 64 valence electrons. The van der Waals surface area contributed by atoms with Gasteiger partial charge in [0.1, 0.15) is 0 Å². The number of ether oxygens (including phenoxy) is 1. The van der Waals surface area contributed by atoms with Crippen LogP contribution in [-0.4, -0.2) is 25.8 Å². The monoisotopic (exact) mass is 179 g/mol. The molecule has 0 fully saturated rings. The Kier molecular flexibility index (Phi) is 4.99. The molecule has 0 aliphatic rings. The van der Waals surface area contributed by atoms with E-state index in [0.717, 1.165) is 0 Å². The van der Waals surface area contributed by atoms with Crippen LogP contribution >= 0.6 is 8.03 Å². The standard InChI is InChI=1S/C6H12O4P/c1-4-5(6(7)9-2)11(8)10-3/h5H,4H2,1-3H3/q+1. The van der Waals surface area contributed by atoms with E-state index in [9.17, 15) is 9.36 Å². The number of hydrogen-bond donors (Lipinski definition) is 0. The average Bonchev–Trinajstić information content (AvgIpc) is 2.05. The van der Waals surface area contributed by atoms with Gasteiger partial charge in [-0.2, -0.15) is 0 Å². The van der Waals surface area contributed by atoms with Crippen LogP contribution in [0, 0.1) is 0 Å². The van der Waals surface area contributed by atoms with Gasteiger partial charge in [0.05, 0.1) is 14.2 Å². The molecule has 11 heavy (non-hydrogen) atoms. The second-order valence-corrected chi connectivity index (χ2v) is 3.47. The first-order chi connectivity index (χ1) is 5.17. The first kappa shape index (κ1) is 10.5. The van der Waals surface area contributed by atoms with Gasteiger partial charge in [0.15, 0.2) is 0 Å². The van der Waals surface area contributed by atoms with Crippen LogP contribution in [0.2, 0.25) is 0 Å². The Labute approximate surface area is 66.7 Å². The van der Waals surface area contributed by atoms with E-state index in [0.29, 0.717) is 6.42 Å². The van der Waals surface area contributed by atoms with Gasteiger partial charge >= 0.3 is 14.0 Å². The van der Waals surface area contributed by atoms with E-state index in [1.54, 1.807) is 6.92 Å². The van der Waals surface area contributed by atoms with E-state index < -0.39 is 19.7 Å². The van der Waals surface area contributed by atoms with Crippen LogP contribution in [0.5, 0.6) is 0 Å². The molecule has 4 nitrogen and oxygen atoms in total. The van der Waals surface area contributed by atoms with Gasteiger partial charge in [0.25, 0.3) is 5.66 Å². The fraction of sp³-hybridized carbons (Fsp3) is 0.833. The highest BCUT2D eigenvalue weighted by Crippen LogP contribution is 2.30. The zero-order valence-electron chi connectivity index (χ0n) is 6.86. The molecule has 0 heterocycles. The third-order valence-electron chi connectivity index (χ3n) is 1.29. The SMILES string of the molecule is CCC(C(=O)OC)[P+](=O)OC. The second kappa shape index (κ2) is 5.22. The molecule has 0 saturated carbocycles. The molecule has 5 heteroatoms. The van der Waals surface area contributed by atoms with Crippen LogP contribution in [-0.2, 0) is 18.6 Å². The summed E-state index contributed by atoms with van der Waals surface area (Å²) in [5.74, 6) is -0.476. The first-order valence-corrected chi connectivity index (χ1v) is 4.50. The molecule has 0 rings (SSSR count). The number of carbonyl (C=O) groups excluding carboxylic acids is 1. The van der Waals surface area contributed by atoms with Crippen molar-refractivity contribution in [2.45, 2.75) is 19.0 Å². The van der Waals surface area contributed by atoms with Crippen molar-refractivity contribution < 1.29 is 18.6 Å². The van der Waals surface area contributed by atoms with E-state index in [2.05, 4.69) is 9.26 Å². The summed E-state index contributed by atoms with van der Waals surface area (Å²) in [5.41, 5.74) is -0.625. The van der Waals surface area contributed by atoms with Gasteiger partial charge in [0.2, 0.25) is 0 Å². The predicted molar refractivity (Wildman–Crippen MR) is 40.7 cm³/mol. The smallest absolute Gasteiger partial charge is 0.466 e. The van der Waals surface area contributed by atoms with Gasteiger partial charge in [-0.15, -0.1) is 4.52 Å². The van der Waals surface area contributed by atoms with Crippen LogP contribution in [0.1, 0.15) is 13.3 Å². The number of rotatable bonds is 4. The van der Waals surface area contributed by atoms with Crippen LogP contribution in [0.15, 0.2) is 0 Å². The normalized spacial score (nSPS) is 13.9. The average molecular weight is 179 g/mol. The zero-order chi connectivity index (χ0) is 8.85. The maximum atomic E-state index is 11.0. The van der Waals surface area contributed by atoms with Crippen molar-refractivity contribution in [3.63, 3.8) is 0 Å². The minimum Gasteiger partial charge on any atom is -0.466 e. The highest BCUT2D eigenvalue weighted by Gasteiger charge is 2.37. The molecule has 0 radical (unpaired) electrons. The van der Waals surface area contributed by atoms with E-state index in [1.807, 2.05) is 0 Å². The Balaban J connectivity index is 4.15. The molecule has 0 saturated heterocycles. The van der Waals surface area contributed by atoms with Crippen molar-refractivity contribution >= 4 is 14.0 Å². The summed E-state index contributed by atoms with van der Waals surface area (Å²) in [7, 11) is 0.666. The molecular formula is C6H12O4P+. The minimum absolute atomic E-state index is 0.468. The second-order valence-electron chi connectivity index (χ2n) is 1.92. The molecule has 0 aliphatic heterocycles. The summed E-state index contributed by atoms with van der Waals surface area (Å²) in [4.78, 5) is 10.9. The summed E-state index contributed by atoms with van der Waals surface area (Å²) >= 11 is 0. The molecular weight excluding hydrogens is 167 g/mol.